The molecule has 1 fully saturated rings. The molecule has 1 aliphatic rings. The van der Waals surface area contributed by atoms with Crippen LogP contribution in [0.4, 0.5) is 5.82 Å². The number of aromatic nitrogens is 5. The Bertz CT molecular complexity index is 1100. The Kier molecular flexibility index (Phi) is 4.24. The van der Waals surface area contributed by atoms with Gasteiger partial charge in [0.05, 0.1) is 18.1 Å². The van der Waals surface area contributed by atoms with E-state index in [0.29, 0.717) is 11.9 Å². The molecule has 0 amide bonds. The molecule has 4 aromatic rings. The number of hydrogen-bond acceptors (Lipinski definition) is 5. The van der Waals surface area contributed by atoms with E-state index in [9.17, 15) is 0 Å². The molecule has 0 saturated carbocycles. The SMILES string of the molecule is Cc1cn2c(-c3nccc(N4CCCC4Cc4ccccc4)n3)cnc2cn1. The summed E-state index contributed by atoms with van der Waals surface area (Å²) in [7, 11) is 0. The highest BCUT2D eigenvalue weighted by Crippen LogP contribution is 2.28. The van der Waals surface area contributed by atoms with Gasteiger partial charge in [-0.05, 0) is 37.8 Å². The number of fused-ring (bicyclic) bond motifs is 1. The summed E-state index contributed by atoms with van der Waals surface area (Å²) < 4.78 is 2.01. The van der Waals surface area contributed by atoms with Crippen LogP contribution in [0.25, 0.3) is 17.2 Å². The summed E-state index contributed by atoms with van der Waals surface area (Å²) in [5, 5.41) is 0. The number of nitrogens with zero attached hydrogens (tertiary/aromatic N) is 6. The average molecular weight is 370 g/mol. The molecule has 28 heavy (non-hydrogen) atoms. The molecular formula is C22H22N6. The van der Waals surface area contributed by atoms with Gasteiger partial charge in [-0.25, -0.2) is 15.0 Å². The standard InChI is InChI=1S/C22H22N6/c1-16-15-28-19(13-25-21(28)14-24-16)22-23-10-9-20(26-22)27-11-5-8-18(27)12-17-6-3-2-4-7-17/h2-4,6-7,9-10,13-15,18H,5,8,11-12H2,1H3. The number of imidazole rings is 1. The lowest BCUT2D eigenvalue weighted by atomic mass is 10.0. The van der Waals surface area contributed by atoms with E-state index in [2.05, 4.69) is 50.2 Å². The van der Waals surface area contributed by atoms with Crippen LogP contribution in [0.2, 0.25) is 0 Å². The van der Waals surface area contributed by atoms with Crippen molar-refractivity contribution in [2.45, 2.75) is 32.2 Å². The van der Waals surface area contributed by atoms with Gasteiger partial charge >= 0.3 is 0 Å². The molecule has 0 spiro atoms. The quantitative estimate of drug-likeness (QED) is 0.548. The Balaban J connectivity index is 1.47. The van der Waals surface area contributed by atoms with Gasteiger partial charge in [-0.3, -0.25) is 9.38 Å². The third-order valence-corrected chi connectivity index (χ3v) is 5.38. The van der Waals surface area contributed by atoms with Gasteiger partial charge in [0.2, 0.25) is 0 Å². The lowest BCUT2D eigenvalue weighted by Gasteiger charge is -2.26. The molecule has 1 atom stereocenters. The fourth-order valence-electron chi connectivity index (χ4n) is 4.02. The van der Waals surface area contributed by atoms with Gasteiger partial charge in [0, 0.05) is 25.0 Å². The molecule has 140 valence electrons. The number of anilines is 1. The summed E-state index contributed by atoms with van der Waals surface area (Å²) in [5.41, 5.74) is 4.00. The van der Waals surface area contributed by atoms with E-state index in [4.69, 9.17) is 4.98 Å². The predicted octanol–water partition coefficient (Wildman–Crippen LogP) is 3.71. The van der Waals surface area contributed by atoms with Gasteiger partial charge in [-0.1, -0.05) is 30.3 Å². The maximum atomic E-state index is 4.90. The lowest BCUT2D eigenvalue weighted by molar-refractivity contribution is 0.657. The highest BCUT2D eigenvalue weighted by molar-refractivity contribution is 5.58. The van der Waals surface area contributed by atoms with Gasteiger partial charge in [-0.15, -0.1) is 0 Å². The molecule has 1 aromatic carbocycles. The summed E-state index contributed by atoms with van der Waals surface area (Å²) >= 11 is 0. The first-order valence-electron chi connectivity index (χ1n) is 9.71. The highest BCUT2D eigenvalue weighted by Gasteiger charge is 2.26. The minimum atomic E-state index is 0.471. The largest absolute Gasteiger partial charge is 0.353 e. The van der Waals surface area contributed by atoms with E-state index in [1.54, 1.807) is 6.20 Å². The summed E-state index contributed by atoms with van der Waals surface area (Å²) in [6.07, 6.45) is 10.8. The van der Waals surface area contributed by atoms with Crippen LogP contribution in [0, 0.1) is 6.92 Å². The minimum absolute atomic E-state index is 0.471. The van der Waals surface area contributed by atoms with Crippen molar-refractivity contribution in [1.29, 1.82) is 0 Å². The van der Waals surface area contributed by atoms with Crippen LogP contribution < -0.4 is 4.90 Å². The second-order valence-corrected chi connectivity index (χ2v) is 7.32. The van der Waals surface area contributed by atoms with Crippen molar-refractivity contribution in [3.63, 3.8) is 0 Å². The maximum Gasteiger partial charge on any atom is 0.180 e. The van der Waals surface area contributed by atoms with Crippen molar-refractivity contribution in [2.24, 2.45) is 0 Å². The Hall–Kier alpha value is -3.28. The van der Waals surface area contributed by atoms with Gasteiger partial charge in [0.25, 0.3) is 0 Å². The molecule has 1 saturated heterocycles. The number of hydrogen-bond donors (Lipinski definition) is 0. The fraction of sp³-hybridized carbons (Fsp3) is 0.273. The van der Waals surface area contributed by atoms with Crippen molar-refractivity contribution >= 4 is 11.5 Å². The minimum Gasteiger partial charge on any atom is -0.353 e. The third-order valence-electron chi connectivity index (χ3n) is 5.38. The molecular weight excluding hydrogens is 348 g/mol. The molecule has 6 nitrogen and oxygen atoms in total. The number of rotatable bonds is 4. The Morgan fingerprint density at radius 3 is 2.82 bits per heavy atom. The van der Waals surface area contributed by atoms with E-state index in [1.165, 1.54) is 18.4 Å². The molecule has 5 rings (SSSR count). The van der Waals surface area contributed by atoms with Crippen LogP contribution in [0.5, 0.6) is 0 Å². The predicted molar refractivity (Wildman–Crippen MR) is 109 cm³/mol. The third kappa shape index (κ3) is 3.11. The molecule has 1 unspecified atom stereocenters. The molecule has 1 aliphatic heterocycles. The Labute approximate surface area is 163 Å². The van der Waals surface area contributed by atoms with Crippen LogP contribution in [0.1, 0.15) is 24.1 Å². The molecule has 6 heteroatoms. The van der Waals surface area contributed by atoms with Crippen molar-refractivity contribution in [1.82, 2.24) is 24.3 Å². The normalized spacial score (nSPS) is 16.8. The summed E-state index contributed by atoms with van der Waals surface area (Å²) in [6.45, 7) is 3.00. The molecule has 4 heterocycles. The van der Waals surface area contributed by atoms with E-state index in [-0.39, 0.29) is 0 Å². The Morgan fingerprint density at radius 2 is 1.93 bits per heavy atom. The van der Waals surface area contributed by atoms with Crippen molar-refractivity contribution in [2.75, 3.05) is 11.4 Å². The highest BCUT2D eigenvalue weighted by atomic mass is 15.2. The lowest BCUT2D eigenvalue weighted by Crippen LogP contribution is -2.31. The number of benzene rings is 1. The van der Waals surface area contributed by atoms with Gasteiger partial charge in [-0.2, -0.15) is 0 Å². The van der Waals surface area contributed by atoms with Gasteiger partial charge < -0.3 is 4.90 Å². The molecule has 0 aliphatic carbocycles. The van der Waals surface area contributed by atoms with Crippen LogP contribution >= 0.6 is 0 Å². The number of aryl methyl sites for hydroxylation is 1. The van der Waals surface area contributed by atoms with Crippen LogP contribution in [-0.2, 0) is 6.42 Å². The van der Waals surface area contributed by atoms with Gasteiger partial charge in [0.15, 0.2) is 11.5 Å². The molecule has 3 aromatic heterocycles. The van der Waals surface area contributed by atoms with Crippen LogP contribution in [0.3, 0.4) is 0 Å². The van der Waals surface area contributed by atoms with Crippen molar-refractivity contribution in [3.8, 4) is 11.5 Å². The van der Waals surface area contributed by atoms with E-state index < -0.39 is 0 Å². The van der Waals surface area contributed by atoms with Crippen molar-refractivity contribution in [3.05, 3.63) is 72.4 Å². The smallest absolute Gasteiger partial charge is 0.180 e. The first-order chi connectivity index (χ1) is 13.8. The van der Waals surface area contributed by atoms with E-state index >= 15 is 0 Å². The topological polar surface area (TPSA) is 59.2 Å². The van der Waals surface area contributed by atoms with E-state index in [1.807, 2.05) is 36.0 Å². The van der Waals surface area contributed by atoms with Crippen molar-refractivity contribution < 1.29 is 0 Å². The van der Waals surface area contributed by atoms with Gasteiger partial charge in [0.1, 0.15) is 11.5 Å². The molecule has 0 N–H and O–H groups in total. The van der Waals surface area contributed by atoms with E-state index in [0.717, 1.165) is 35.8 Å². The summed E-state index contributed by atoms with van der Waals surface area (Å²) in [5.74, 6) is 1.69. The fourth-order valence-corrected chi connectivity index (χ4v) is 4.02. The first-order valence-corrected chi connectivity index (χ1v) is 9.71. The molecule has 0 bridgehead atoms. The second-order valence-electron chi connectivity index (χ2n) is 7.32. The van der Waals surface area contributed by atoms with Crippen LogP contribution in [-0.4, -0.2) is 36.9 Å². The summed E-state index contributed by atoms with van der Waals surface area (Å²) in [4.78, 5) is 20.6. The second kappa shape index (κ2) is 7.03. The maximum absolute atomic E-state index is 4.90. The zero-order valence-electron chi connectivity index (χ0n) is 15.9. The summed E-state index contributed by atoms with van der Waals surface area (Å²) in [6, 6.07) is 13.2. The molecule has 0 radical (unpaired) electrons. The van der Waals surface area contributed by atoms with Crippen LogP contribution in [0.15, 0.2) is 61.2 Å². The monoisotopic (exact) mass is 370 g/mol. The average Bonchev–Trinajstić information content (AvgIpc) is 3.35. The zero-order chi connectivity index (χ0) is 18.9. The first kappa shape index (κ1) is 16.9. The Morgan fingerprint density at radius 1 is 1.04 bits per heavy atom. The zero-order valence-corrected chi connectivity index (χ0v) is 15.9.